The van der Waals surface area contributed by atoms with Crippen molar-refractivity contribution in [3.8, 4) is 11.5 Å². The summed E-state index contributed by atoms with van der Waals surface area (Å²) in [6.45, 7) is -0.137. The molecule has 0 atom stereocenters. The van der Waals surface area contributed by atoms with E-state index in [-0.39, 0.29) is 24.1 Å². The molecule has 0 saturated carbocycles. The van der Waals surface area contributed by atoms with Gasteiger partial charge in [0, 0.05) is 24.7 Å². The summed E-state index contributed by atoms with van der Waals surface area (Å²) in [5.41, 5.74) is 1.37. The van der Waals surface area contributed by atoms with Crippen LogP contribution in [0.1, 0.15) is 11.1 Å². The zero-order valence-corrected chi connectivity index (χ0v) is 18.8. The number of amides is 1. The molecule has 0 unspecified atom stereocenters. The average molecular weight is 494 g/mol. The number of hydrogen-bond acceptors (Lipinski definition) is 6. The van der Waals surface area contributed by atoms with Crippen molar-refractivity contribution < 1.29 is 23.8 Å². The third-order valence-electron chi connectivity index (χ3n) is 4.09. The van der Waals surface area contributed by atoms with E-state index in [9.17, 15) is 9.59 Å². The minimum Gasteiger partial charge on any atom is -0.493 e. The van der Waals surface area contributed by atoms with Crippen LogP contribution in [0.2, 0.25) is 5.02 Å². The van der Waals surface area contributed by atoms with Crippen LogP contribution in [0.25, 0.3) is 6.08 Å². The number of halogens is 2. The number of carbonyl (C=O) groups excluding carboxylic acids is 2. The predicted molar refractivity (Wildman–Crippen MR) is 117 cm³/mol. The minimum absolute atomic E-state index is 0.135. The van der Waals surface area contributed by atoms with Gasteiger partial charge in [-0.1, -0.05) is 17.7 Å². The highest BCUT2D eigenvalue weighted by atomic mass is 79.9. The van der Waals surface area contributed by atoms with E-state index in [0.717, 1.165) is 0 Å². The lowest BCUT2D eigenvalue weighted by atomic mass is 10.1. The molecule has 1 amide bonds. The molecule has 9 heteroatoms. The number of carbonyl (C=O) groups is 2. The summed E-state index contributed by atoms with van der Waals surface area (Å²) in [5.74, 6) is 0.200. The molecule has 1 aliphatic rings. The maximum atomic E-state index is 12.2. The fraction of sp³-hybridized carbons (Fsp3) is 0.190. The Bertz CT molecular complexity index is 1070. The highest BCUT2D eigenvalue weighted by molar-refractivity contribution is 9.10. The topological polar surface area (TPSA) is 77.4 Å². The molecule has 0 aliphatic carbocycles. The zero-order chi connectivity index (χ0) is 21.8. The first-order valence-corrected chi connectivity index (χ1v) is 9.94. The summed E-state index contributed by atoms with van der Waals surface area (Å²) in [6.07, 6.45) is 1.57. The molecule has 0 N–H and O–H groups in total. The van der Waals surface area contributed by atoms with Gasteiger partial charge in [0.05, 0.1) is 11.6 Å². The lowest BCUT2D eigenvalue weighted by Gasteiger charge is -2.15. The Kier molecular flexibility index (Phi) is 6.79. The van der Waals surface area contributed by atoms with E-state index in [1.807, 2.05) is 0 Å². The maximum absolute atomic E-state index is 12.2. The SMILES string of the molecule is COc1cc(/C=C2/N=C(c3cccc(Cl)c3)OC2=O)cc(Br)c1OCC(=O)N(C)C. The number of aliphatic imine (C=N–C) groups is 1. The highest BCUT2D eigenvalue weighted by Gasteiger charge is 2.24. The molecule has 0 spiro atoms. The summed E-state index contributed by atoms with van der Waals surface area (Å²) in [7, 11) is 4.77. The van der Waals surface area contributed by atoms with Crippen molar-refractivity contribution in [2.24, 2.45) is 4.99 Å². The van der Waals surface area contributed by atoms with Gasteiger partial charge in [0.25, 0.3) is 5.91 Å². The number of cyclic esters (lactones) is 1. The van der Waals surface area contributed by atoms with E-state index >= 15 is 0 Å². The first-order valence-electron chi connectivity index (χ1n) is 8.77. The summed E-state index contributed by atoms with van der Waals surface area (Å²) < 4.78 is 16.8. The van der Waals surface area contributed by atoms with E-state index < -0.39 is 5.97 Å². The summed E-state index contributed by atoms with van der Waals surface area (Å²) >= 11 is 9.41. The monoisotopic (exact) mass is 492 g/mol. The minimum atomic E-state index is -0.572. The fourth-order valence-corrected chi connectivity index (χ4v) is 3.30. The van der Waals surface area contributed by atoms with Gasteiger partial charge in [0.1, 0.15) is 0 Å². The third-order valence-corrected chi connectivity index (χ3v) is 4.91. The molecule has 30 heavy (non-hydrogen) atoms. The molecule has 0 saturated heterocycles. The highest BCUT2D eigenvalue weighted by Crippen LogP contribution is 2.37. The van der Waals surface area contributed by atoms with Crippen molar-refractivity contribution in [2.75, 3.05) is 27.8 Å². The second-order valence-corrected chi connectivity index (χ2v) is 7.75. The van der Waals surface area contributed by atoms with Crippen molar-refractivity contribution in [1.82, 2.24) is 4.90 Å². The van der Waals surface area contributed by atoms with Crippen LogP contribution in [0.4, 0.5) is 0 Å². The van der Waals surface area contributed by atoms with Crippen molar-refractivity contribution in [2.45, 2.75) is 0 Å². The predicted octanol–water partition coefficient (Wildman–Crippen LogP) is 3.92. The lowest BCUT2D eigenvalue weighted by Crippen LogP contribution is -2.27. The number of methoxy groups -OCH3 is 1. The Morgan fingerprint density at radius 2 is 2.07 bits per heavy atom. The molecule has 1 aliphatic heterocycles. The molecule has 2 aromatic carbocycles. The third kappa shape index (κ3) is 5.01. The summed E-state index contributed by atoms with van der Waals surface area (Å²) in [6, 6.07) is 10.3. The molecular weight excluding hydrogens is 476 g/mol. The number of likely N-dealkylation sites (N-methyl/N-ethyl adjacent to an activating group) is 1. The summed E-state index contributed by atoms with van der Waals surface area (Å²) in [4.78, 5) is 29.7. The van der Waals surface area contributed by atoms with Crippen molar-refractivity contribution >= 4 is 51.4 Å². The van der Waals surface area contributed by atoms with E-state index in [1.165, 1.54) is 12.0 Å². The van der Waals surface area contributed by atoms with Crippen molar-refractivity contribution in [3.05, 3.63) is 62.7 Å². The quantitative estimate of drug-likeness (QED) is 0.450. The Hall–Kier alpha value is -2.84. The van der Waals surface area contributed by atoms with Gasteiger partial charge in [0.15, 0.2) is 23.8 Å². The van der Waals surface area contributed by atoms with Gasteiger partial charge >= 0.3 is 5.97 Å². The molecule has 0 bridgehead atoms. The molecule has 1 heterocycles. The van der Waals surface area contributed by atoms with Gasteiger partial charge in [-0.2, -0.15) is 0 Å². The fourth-order valence-electron chi connectivity index (χ4n) is 2.54. The Balaban J connectivity index is 1.88. The second-order valence-electron chi connectivity index (χ2n) is 6.46. The number of hydrogen-bond donors (Lipinski definition) is 0. The van der Waals surface area contributed by atoms with Crippen LogP contribution in [0, 0.1) is 0 Å². The van der Waals surface area contributed by atoms with Gasteiger partial charge in [-0.05, 0) is 57.9 Å². The van der Waals surface area contributed by atoms with E-state index in [1.54, 1.807) is 56.6 Å². The Labute approximate surface area is 187 Å². The van der Waals surface area contributed by atoms with Gasteiger partial charge < -0.3 is 19.1 Å². The normalized spacial score (nSPS) is 14.4. The Morgan fingerprint density at radius 3 is 2.73 bits per heavy atom. The molecule has 0 radical (unpaired) electrons. The molecule has 0 aromatic heterocycles. The van der Waals surface area contributed by atoms with Crippen LogP contribution in [0.5, 0.6) is 11.5 Å². The van der Waals surface area contributed by atoms with Crippen LogP contribution in [0.3, 0.4) is 0 Å². The number of ether oxygens (including phenoxy) is 3. The molecule has 156 valence electrons. The van der Waals surface area contributed by atoms with Crippen molar-refractivity contribution in [3.63, 3.8) is 0 Å². The smallest absolute Gasteiger partial charge is 0.363 e. The van der Waals surface area contributed by atoms with Crippen LogP contribution in [-0.2, 0) is 14.3 Å². The molecule has 7 nitrogen and oxygen atoms in total. The van der Waals surface area contributed by atoms with Gasteiger partial charge in [0.2, 0.25) is 5.90 Å². The van der Waals surface area contributed by atoms with Crippen LogP contribution in [0.15, 0.2) is 51.6 Å². The zero-order valence-electron chi connectivity index (χ0n) is 16.4. The standard InChI is InChI=1S/C21H18BrClN2O5/c1-25(2)18(26)11-29-19-15(22)7-12(9-17(19)28-3)8-16-21(27)30-20(24-16)13-5-4-6-14(23)10-13/h4-10H,11H2,1-3H3/b16-8+. The van der Waals surface area contributed by atoms with E-state index in [4.69, 9.17) is 25.8 Å². The van der Waals surface area contributed by atoms with Crippen LogP contribution in [-0.4, -0.2) is 50.5 Å². The van der Waals surface area contributed by atoms with Gasteiger partial charge in [-0.3, -0.25) is 4.79 Å². The van der Waals surface area contributed by atoms with Gasteiger partial charge in [-0.25, -0.2) is 9.79 Å². The lowest BCUT2D eigenvalue weighted by molar-refractivity contribution is -0.131. The molecular formula is C21H18BrClN2O5. The molecule has 2 aromatic rings. The number of rotatable bonds is 6. The number of nitrogens with zero attached hydrogens (tertiary/aromatic N) is 2. The van der Waals surface area contributed by atoms with Crippen LogP contribution >= 0.6 is 27.5 Å². The van der Waals surface area contributed by atoms with E-state index in [0.29, 0.717) is 32.1 Å². The van der Waals surface area contributed by atoms with Crippen LogP contribution < -0.4 is 9.47 Å². The number of esters is 1. The first kappa shape index (κ1) is 21.9. The average Bonchev–Trinajstić information content (AvgIpc) is 3.06. The first-order chi connectivity index (χ1) is 14.3. The molecule has 0 fully saturated rings. The maximum Gasteiger partial charge on any atom is 0.363 e. The number of benzene rings is 2. The van der Waals surface area contributed by atoms with Crippen molar-refractivity contribution in [1.29, 1.82) is 0 Å². The van der Waals surface area contributed by atoms with Gasteiger partial charge in [-0.15, -0.1) is 0 Å². The largest absolute Gasteiger partial charge is 0.493 e. The summed E-state index contributed by atoms with van der Waals surface area (Å²) in [5, 5.41) is 0.515. The molecule has 3 rings (SSSR count). The van der Waals surface area contributed by atoms with E-state index in [2.05, 4.69) is 20.9 Å². The second kappa shape index (κ2) is 9.32. The Morgan fingerprint density at radius 1 is 1.30 bits per heavy atom.